The number of thiophene rings is 2. The van der Waals surface area contributed by atoms with Crippen LogP contribution in [0.5, 0.6) is 11.5 Å². The first kappa shape index (κ1) is 57.8. The Hall–Kier alpha value is -4.86. The van der Waals surface area contributed by atoms with Gasteiger partial charge >= 0.3 is 0 Å². The summed E-state index contributed by atoms with van der Waals surface area (Å²) in [5, 5.41) is 13.9. The van der Waals surface area contributed by atoms with Crippen LogP contribution in [0.15, 0.2) is 130 Å². The topological polar surface area (TPSA) is 175 Å². The van der Waals surface area contributed by atoms with Crippen molar-refractivity contribution in [2.45, 2.75) is 105 Å². The van der Waals surface area contributed by atoms with Crippen LogP contribution in [0, 0.1) is 0 Å². The summed E-state index contributed by atoms with van der Waals surface area (Å²) in [5.74, 6) is 1.31. The zero-order valence-electron chi connectivity index (χ0n) is 42.3. The molecule has 0 saturated carbocycles. The summed E-state index contributed by atoms with van der Waals surface area (Å²) in [6.45, 7) is 9.59. The number of hydrogen-bond donors (Lipinski definition) is 4. The summed E-state index contributed by atoms with van der Waals surface area (Å²) in [4.78, 5) is 26.2. The third-order valence-electron chi connectivity index (χ3n) is 12.7. The van der Waals surface area contributed by atoms with Crippen molar-refractivity contribution >= 4 is 77.7 Å². The number of nitrogens with one attached hydrogen (secondary N) is 4. The third-order valence-corrected chi connectivity index (χ3v) is 20.1. The maximum Gasteiger partial charge on any atom is 0.252 e. The Morgan fingerprint density at radius 2 is 0.907 bits per heavy atom. The number of benzene rings is 4. The lowest BCUT2D eigenvalue weighted by Crippen LogP contribution is -2.44. The van der Waals surface area contributed by atoms with Crippen LogP contribution in [-0.2, 0) is 46.2 Å². The van der Waals surface area contributed by atoms with E-state index in [0.717, 1.165) is 85.9 Å². The zero-order valence-corrected chi connectivity index (χ0v) is 47.0. The van der Waals surface area contributed by atoms with Gasteiger partial charge in [0, 0.05) is 82.3 Å². The van der Waals surface area contributed by atoms with Gasteiger partial charge in [-0.25, -0.2) is 16.8 Å². The number of amides is 2. The van der Waals surface area contributed by atoms with Gasteiger partial charge in [0.25, 0.3) is 31.9 Å². The van der Waals surface area contributed by atoms with E-state index in [9.17, 15) is 26.4 Å². The molecule has 2 amide bonds. The molecule has 0 atom stereocenters. The number of halogens is 2. The van der Waals surface area contributed by atoms with Crippen molar-refractivity contribution in [3.05, 3.63) is 163 Å². The Morgan fingerprint density at radius 1 is 0.520 bits per heavy atom. The van der Waals surface area contributed by atoms with Crippen LogP contribution in [0.4, 0.5) is 0 Å². The molecule has 14 nitrogen and oxygen atoms in total. The molecule has 402 valence electrons. The molecule has 4 heterocycles. The number of unbranched alkanes of at least 4 members (excludes halogenated alkanes) is 1. The molecule has 2 aliphatic rings. The molecular weight excluding hydrogens is 1070 g/mol. The van der Waals surface area contributed by atoms with E-state index >= 15 is 0 Å². The average molecular weight is 1140 g/mol. The van der Waals surface area contributed by atoms with E-state index in [1.54, 1.807) is 81.4 Å². The van der Waals surface area contributed by atoms with E-state index in [1.807, 2.05) is 24.3 Å². The van der Waals surface area contributed by atoms with Gasteiger partial charge in [-0.3, -0.25) is 9.59 Å². The number of nitrogens with zero attached hydrogens (tertiary/aromatic N) is 2. The smallest absolute Gasteiger partial charge is 0.252 e. The summed E-state index contributed by atoms with van der Waals surface area (Å²) < 4.78 is 67.9. The highest BCUT2D eigenvalue weighted by Gasteiger charge is 2.32. The summed E-state index contributed by atoms with van der Waals surface area (Å²) >= 11 is 14.1. The van der Waals surface area contributed by atoms with Crippen molar-refractivity contribution in [3.8, 4) is 11.5 Å². The fourth-order valence-corrected chi connectivity index (χ4v) is 14.4. The number of piperidine rings is 2. The second-order valence-electron chi connectivity index (χ2n) is 18.3. The van der Waals surface area contributed by atoms with Crippen LogP contribution in [-0.4, -0.2) is 88.7 Å². The van der Waals surface area contributed by atoms with Gasteiger partial charge < -0.3 is 30.7 Å². The number of carbonyl (C=O) groups excluding carboxylic acids is 2. The second-order valence-corrected chi connectivity index (χ2v) is 25.8. The highest BCUT2D eigenvalue weighted by atomic mass is 35.5. The van der Waals surface area contributed by atoms with Crippen LogP contribution in [0.3, 0.4) is 0 Å². The van der Waals surface area contributed by atoms with Gasteiger partial charge in [-0.15, -0.1) is 22.7 Å². The SMILES string of the molecule is CCCCOc1ccc(CNC2CCN(S(=O)(=O)c3ccc(CNC(=O)c4ccc(Cl)cc4)s3)CC2)cc1.CCCOc1ccc(CNC2CCN(S(=O)(=O)c3ccc(CNC(=O)c4ccc(Cl)cc4)s3)CC2)cc1. The molecule has 4 aromatic carbocycles. The largest absolute Gasteiger partial charge is 0.494 e. The summed E-state index contributed by atoms with van der Waals surface area (Å²) in [7, 11) is -7.12. The molecule has 20 heteroatoms. The molecule has 0 unspecified atom stereocenters. The van der Waals surface area contributed by atoms with E-state index in [0.29, 0.717) is 62.4 Å². The first-order valence-electron chi connectivity index (χ1n) is 25.4. The van der Waals surface area contributed by atoms with Crippen molar-refractivity contribution < 1.29 is 35.9 Å². The molecule has 4 N–H and O–H groups in total. The quantitative estimate of drug-likeness (QED) is 0.0452. The molecule has 0 radical (unpaired) electrons. The highest BCUT2D eigenvalue weighted by Crippen LogP contribution is 2.29. The van der Waals surface area contributed by atoms with Gasteiger partial charge in [0.15, 0.2) is 0 Å². The number of ether oxygens (including phenoxy) is 2. The van der Waals surface area contributed by atoms with Crippen LogP contribution in [0.2, 0.25) is 10.0 Å². The van der Waals surface area contributed by atoms with Crippen LogP contribution < -0.4 is 30.7 Å². The first-order chi connectivity index (χ1) is 36.2. The molecular formula is C55H66Cl2N6O8S4. The van der Waals surface area contributed by atoms with Gasteiger partial charge in [0.1, 0.15) is 19.9 Å². The average Bonchev–Trinajstić information content (AvgIpc) is 4.13. The van der Waals surface area contributed by atoms with Crippen molar-refractivity contribution in [2.24, 2.45) is 0 Å². The van der Waals surface area contributed by atoms with E-state index < -0.39 is 20.0 Å². The lowest BCUT2D eigenvalue weighted by atomic mass is 10.1. The zero-order chi connectivity index (χ0) is 53.2. The van der Waals surface area contributed by atoms with Crippen LogP contribution in [0.25, 0.3) is 0 Å². The number of carbonyl (C=O) groups is 2. The van der Waals surface area contributed by atoms with E-state index in [-0.39, 0.29) is 37.0 Å². The van der Waals surface area contributed by atoms with E-state index in [1.165, 1.54) is 33.8 Å². The van der Waals surface area contributed by atoms with Crippen molar-refractivity contribution in [2.75, 3.05) is 39.4 Å². The Labute approximate surface area is 460 Å². The fraction of sp³-hybridized carbons (Fsp3) is 0.382. The lowest BCUT2D eigenvalue weighted by Gasteiger charge is -2.31. The van der Waals surface area contributed by atoms with Gasteiger partial charge in [-0.2, -0.15) is 8.61 Å². The van der Waals surface area contributed by atoms with Crippen LogP contribution >= 0.6 is 45.9 Å². The van der Waals surface area contributed by atoms with Gasteiger partial charge in [-0.05, 0) is 147 Å². The molecule has 2 aliphatic heterocycles. The fourth-order valence-electron chi connectivity index (χ4n) is 8.27. The Bertz CT molecular complexity index is 2960. The monoisotopic (exact) mass is 1140 g/mol. The molecule has 2 aromatic heterocycles. The number of rotatable bonds is 23. The minimum absolute atomic E-state index is 0.231. The Morgan fingerprint density at radius 3 is 1.28 bits per heavy atom. The molecule has 2 fully saturated rings. The summed E-state index contributed by atoms with van der Waals surface area (Å²) in [6, 6.07) is 36.8. The molecule has 0 spiro atoms. The van der Waals surface area contributed by atoms with Gasteiger partial charge in [0.05, 0.1) is 26.3 Å². The normalized spacial score (nSPS) is 14.9. The Kier molecular flexibility index (Phi) is 22.0. The van der Waals surface area contributed by atoms with Gasteiger partial charge in [-0.1, -0.05) is 67.7 Å². The lowest BCUT2D eigenvalue weighted by molar-refractivity contribution is 0.0943. The van der Waals surface area contributed by atoms with Crippen LogP contribution in [0.1, 0.15) is 100 Å². The minimum Gasteiger partial charge on any atom is -0.494 e. The van der Waals surface area contributed by atoms with E-state index in [4.69, 9.17) is 32.7 Å². The predicted molar refractivity (Wildman–Crippen MR) is 300 cm³/mol. The van der Waals surface area contributed by atoms with E-state index in [2.05, 4.69) is 59.4 Å². The molecule has 8 rings (SSSR count). The maximum absolute atomic E-state index is 13.2. The molecule has 0 bridgehead atoms. The van der Waals surface area contributed by atoms with Crippen molar-refractivity contribution in [1.29, 1.82) is 0 Å². The third kappa shape index (κ3) is 17.3. The van der Waals surface area contributed by atoms with Crippen molar-refractivity contribution in [3.63, 3.8) is 0 Å². The molecule has 2 saturated heterocycles. The molecule has 0 aliphatic carbocycles. The van der Waals surface area contributed by atoms with Gasteiger partial charge in [0.2, 0.25) is 0 Å². The minimum atomic E-state index is -3.56. The number of sulfonamides is 2. The Balaban J connectivity index is 0.000000219. The second kappa shape index (κ2) is 28.5. The summed E-state index contributed by atoms with van der Waals surface area (Å²) in [6.07, 6.45) is 6.17. The maximum atomic E-state index is 13.2. The van der Waals surface area contributed by atoms with Crippen molar-refractivity contribution in [1.82, 2.24) is 29.9 Å². The molecule has 6 aromatic rings. The standard InChI is InChI=1S/C28H34ClN3O4S2.C27H32ClN3O4S2/c1-2-3-18-36-25-10-4-21(5-11-25)19-30-24-14-16-32(17-15-24)38(34,35)27-13-12-26(37-27)20-31-28(33)22-6-8-23(29)9-7-22;1-2-17-35-24-9-3-20(4-10-24)18-29-23-13-15-31(16-14-23)37(33,34)26-12-11-25(36-26)19-30-27(32)21-5-7-22(28)8-6-21/h4-13,24,30H,2-3,14-20H2,1H3,(H,31,33);3-12,23,29H,2,13-19H2,1H3,(H,30,32). The summed E-state index contributed by atoms with van der Waals surface area (Å²) in [5.41, 5.74) is 3.36. The predicted octanol–water partition coefficient (Wildman–Crippen LogP) is 10.5. The molecule has 75 heavy (non-hydrogen) atoms. The highest BCUT2D eigenvalue weighted by molar-refractivity contribution is 7.91. The number of hydrogen-bond acceptors (Lipinski definition) is 12. The first-order valence-corrected chi connectivity index (χ1v) is 30.6.